The van der Waals surface area contributed by atoms with Crippen LogP contribution in [0.5, 0.6) is 5.75 Å². The lowest BCUT2D eigenvalue weighted by Crippen LogP contribution is -2.36. The fourth-order valence-corrected chi connectivity index (χ4v) is 2.23. The maximum atomic E-state index is 6.25. The summed E-state index contributed by atoms with van der Waals surface area (Å²) in [5.41, 5.74) is 7.53. The van der Waals surface area contributed by atoms with E-state index in [0.717, 1.165) is 18.8 Å². The van der Waals surface area contributed by atoms with E-state index in [1.165, 1.54) is 5.56 Å². The molecule has 1 aromatic rings. The number of fused-ring (bicyclic) bond motifs is 1. The minimum absolute atomic E-state index is 0.232. The van der Waals surface area contributed by atoms with Gasteiger partial charge in [-0.3, -0.25) is 0 Å². The normalized spacial score (nSPS) is 22.0. The molecule has 1 aliphatic heterocycles. The Morgan fingerprint density at radius 3 is 2.80 bits per heavy atom. The lowest BCUT2D eigenvalue weighted by Gasteiger charge is -2.32. The summed E-state index contributed by atoms with van der Waals surface area (Å²) >= 11 is 0. The van der Waals surface area contributed by atoms with E-state index in [0.29, 0.717) is 11.8 Å². The van der Waals surface area contributed by atoms with Gasteiger partial charge in [-0.25, -0.2) is 0 Å². The van der Waals surface area contributed by atoms with E-state index < -0.39 is 0 Å². The number of nitrogens with two attached hydrogens (primary N) is 1. The monoisotopic (exact) mass is 205 g/mol. The highest BCUT2D eigenvalue weighted by molar-refractivity contribution is 5.38. The molecule has 0 radical (unpaired) electrons. The highest BCUT2D eigenvalue weighted by atomic mass is 16.5. The van der Waals surface area contributed by atoms with E-state index in [4.69, 9.17) is 10.5 Å². The van der Waals surface area contributed by atoms with Gasteiger partial charge < -0.3 is 10.5 Å². The molecule has 2 N–H and O–H groups in total. The second-order valence-electron chi connectivity index (χ2n) is 4.60. The number of hydrogen-bond acceptors (Lipinski definition) is 2. The molecule has 15 heavy (non-hydrogen) atoms. The summed E-state index contributed by atoms with van der Waals surface area (Å²) in [4.78, 5) is 0. The predicted octanol–water partition coefficient (Wildman–Crippen LogP) is 2.54. The molecule has 0 fully saturated rings. The summed E-state index contributed by atoms with van der Waals surface area (Å²) in [5, 5.41) is 0. The van der Waals surface area contributed by atoms with Crippen molar-refractivity contribution in [3.05, 3.63) is 29.8 Å². The van der Waals surface area contributed by atoms with E-state index in [1.807, 2.05) is 12.1 Å². The van der Waals surface area contributed by atoms with Crippen LogP contribution in [0.1, 0.15) is 31.7 Å². The summed E-state index contributed by atoms with van der Waals surface area (Å²) in [6, 6.07) is 8.49. The molecule has 0 saturated heterocycles. The molecule has 0 saturated carbocycles. The summed E-state index contributed by atoms with van der Waals surface area (Å²) in [5.74, 6) is 1.99. The molecule has 0 amide bonds. The highest BCUT2D eigenvalue weighted by Crippen LogP contribution is 2.36. The first-order valence-corrected chi connectivity index (χ1v) is 5.67. The fourth-order valence-electron chi connectivity index (χ4n) is 2.23. The molecule has 1 heterocycles. The molecular weight excluding hydrogens is 186 g/mol. The van der Waals surface area contributed by atoms with Crippen molar-refractivity contribution in [2.45, 2.75) is 32.2 Å². The number of ether oxygens (including phenoxy) is 1. The van der Waals surface area contributed by atoms with Crippen molar-refractivity contribution in [3.63, 3.8) is 0 Å². The summed E-state index contributed by atoms with van der Waals surface area (Å²) in [6.07, 6.45) is 1.04. The Labute approximate surface area is 91.4 Å². The smallest absolute Gasteiger partial charge is 0.122 e. The van der Waals surface area contributed by atoms with E-state index in [9.17, 15) is 0 Å². The zero-order chi connectivity index (χ0) is 10.8. The van der Waals surface area contributed by atoms with Crippen molar-refractivity contribution >= 4 is 0 Å². The van der Waals surface area contributed by atoms with Gasteiger partial charge in [0.2, 0.25) is 0 Å². The zero-order valence-electron chi connectivity index (χ0n) is 9.44. The van der Waals surface area contributed by atoms with Crippen molar-refractivity contribution < 1.29 is 4.74 Å². The maximum absolute atomic E-state index is 6.25. The first-order valence-electron chi connectivity index (χ1n) is 5.67. The van der Waals surface area contributed by atoms with Crippen molar-refractivity contribution in [3.8, 4) is 5.75 Å². The van der Waals surface area contributed by atoms with Crippen LogP contribution in [0.15, 0.2) is 24.3 Å². The topological polar surface area (TPSA) is 35.2 Å². The van der Waals surface area contributed by atoms with Crippen LogP contribution in [0.25, 0.3) is 0 Å². The SMILES string of the molecule is CC(C)C(N)C1CCOc2ccccc21. The van der Waals surface area contributed by atoms with Gasteiger partial charge in [0, 0.05) is 12.0 Å². The average molecular weight is 205 g/mol. The number of benzene rings is 1. The summed E-state index contributed by atoms with van der Waals surface area (Å²) < 4.78 is 5.63. The minimum Gasteiger partial charge on any atom is -0.493 e. The third-order valence-electron chi connectivity index (χ3n) is 3.24. The Bertz CT molecular complexity index is 335. The zero-order valence-corrected chi connectivity index (χ0v) is 9.44. The van der Waals surface area contributed by atoms with Crippen LogP contribution in [0.3, 0.4) is 0 Å². The largest absolute Gasteiger partial charge is 0.493 e. The van der Waals surface area contributed by atoms with E-state index in [-0.39, 0.29) is 6.04 Å². The Balaban J connectivity index is 2.29. The van der Waals surface area contributed by atoms with Gasteiger partial charge in [-0.1, -0.05) is 32.0 Å². The third kappa shape index (κ3) is 2.00. The molecule has 0 aliphatic carbocycles. The van der Waals surface area contributed by atoms with Crippen molar-refractivity contribution in [1.82, 2.24) is 0 Å². The Morgan fingerprint density at radius 1 is 1.33 bits per heavy atom. The molecule has 82 valence electrons. The summed E-state index contributed by atoms with van der Waals surface area (Å²) in [7, 11) is 0. The van der Waals surface area contributed by atoms with Crippen LogP contribution < -0.4 is 10.5 Å². The number of para-hydroxylation sites is 1. The first-order chi connectivity index (χ1) is 7.20. The second-order valence-corrected chi connectivity index (χ2v) is 4.60. The third-order valence-corrected chi connectivity index (χ3v) is 3.24. The molecular formula is C13H19NO. The van der Waals surface area contributed by atoms with Crippen molar-refractivity contribution in [2.24, 2.45) is 11.7 Å². The maximum Gasteiger partial charge on any atom is 0.122 e. The molecule has 2 rings (SSSR count). The Morgan fingerprint density at radius 2 is 2.07 bits per heavy atom. The molecule has 1 aliphatic rings. The average Bonchev–Trinajstić information content (AvgIpc) is 2.27. The van der Waals surface area contributed by atoms with Crippen LogP contribution in [-0.2, 0) is 0 Å². The van der Waals surface area contributed by atoms with Crippen LogP contribution in [0, 0.1) is 5.92 Å². The van der Waals surface area contributed by atoms with Gasteiger partial charge in [0.25, 0.3) is 0 Å². The van der Waals surface area contributed by atoms with E-state index >= 15 is 0 Å². The Kier molecular flexibility index (Phi) is 2.96. The molecule has 2 nitrogen and oxygen atoms in total. The van der Waals surface area contributed by atoms with E-state index in [2.05, 4.69) is 26.0 Å². The molecule has 2 atom stereocenters. The fraction of sp³-hybridized carbons (Fsp3) is 0.538. The van der Waals surface area contributed by atoms with Crippen LogP contribution in [-0.4, -0.2) is 12.6 Å². The van der Waals surface area contributed by atoms with Crippen molar-refractivity contribution in [1.29, 1.82) is 0 Å². The lowest BCUT2D eigenvalue weighted by molar-refractivity contribution is 0.242. The predicted molar refractivity (Wildman–Crippen MR) is 62.1 cm³/mol. The summed E-state index contributed by atoms with van der Waals surface area (Å²) in [6.45, 7) is 5.16. The highest BCUT2D eigenvalue weighted by Gasteiger charge is 2.27. The van der Waals surface area contributed by atoms with Gasteiger partial charge in [0.05, 0.1) is 6.61 Å². The van der Waals surface area contributed by atoms with E-state index in [1.54, 1.807) is 0 Å². The standard InChI is InChI=1S/C13H19NO/c1-9(2)13(14)11-7-8-15-12-6-4-3-5-10(11)12/h3-6,9,11,13H,7-8,14H2,1-2H3. The molecule has 1 aromatic carbocycles. The number of hydrogen-bond donors (Lipinski definition) is 1. The van der Waals surface area contributed by atoms with Crippen LogP contribution >= 0.6 is 0 Å². The van der Waals surface area contributed by atoms with Gasteiger partial charge in [0.1, 0.15) is 5.75 Å². The van der Waals surface area contributed by atoms with Gasteiger partial charge in [0.15, 0.2) is 0 Å². The Hall–Kier alpha value is -1.02. The van der Waals surface area contributed by atoms with Crippen LogP contribution in [0.2, 0.25) is 0 Å². The number of rotatable bonds is 2. The van der Waals surface area contributed by atoms with Gasteiger partial charge in [-0.05, 0) is 24.0 Å². The molecule has 2 unspecified atom stereocenters. The molecule has 2 heteroatoms. The lowest BCUT2D eigenvalue weighted by atomic mass is 9.82. The van der Waals surface area contributed by atoms with Gasteiger partial charge in [-0.15, -0.1) is 0 Å². The quantitative estimate of drug-likeness (QED) is 0.805. The second kappa shape index (κ2) is 4.23. The minimum atomic E-state index is 0.232. The molecule has 0 bridgehead atoms. The molecule has 0 aromatic heterocycles. The van der Waals surface area contributed by atoms with Crippen LogP contribution in [0.4, 0.5) is 0 Å². The van der Waals surface area contributed by atoms with Crippen molar-refractivity contribution in [2.75, 3.05) is 6.61 Å². The van der Waals surface area contributed by atoms with Gasteiger partial charge in [-0.2, -0.15) is 0 Å². The molecule has 0 spiro atoms. The first kappa shape index (κ1) is 10.5. The van der Waals surface area contributed by atoms with Gasteiger partial charge >= 0.3 is 0 Å².